The summed E-state index contributed by atoms with van der Waals surface area (Å²) in [6, 6.07) is 2.51. The fourth-order valence-electron chi connectivity index (χ4n) is 1.64. The van der Waals surface area contributed by atoms with Crippen molar-refractivity contribution < 1.29 is 14.1 Å². The number of aromatic nitrogens is 1. The smallest absolute Gasteiger partial charge is 0.286 e. The average Bonchev–Trinajstić information content (AvgIpc) is 2.91. The van der Waals surface area contributed by atoms with Crippen LogP contribution < -0.4 is 16.8 Å². The van der Waals surface area contributed by atoms with Crippen molar-refractivity contribution in [1.82, 2.24) is 9.99 Å². The van der Waals surface area contributed by atoms with Crippen molar-refractivity contribution in [2.75, 3.05) is 0 Å². The van der Waals surface area contributed by atoms with Crippen LogP contribution in [0, 0.1) is 10.1 Å². The number of nitrogens with one attached hydrogen (secondary N) is 1. The summed E-state index contributed by atoms with van der Waals surface area (Å²) in [7, 11) is 0. The number of carbonyl (C=O) groups is 1. The Labute approximate surface area is 125 Å². The van der Waals surface area contributed by atoms with Crippen LogP contribution >= 0.6 is 15.9 Å². The number of hydrazine groups is 1. The van der Waals surface area contributed by atoms with Crippen molar-refractivity contribution in [1.29, 1.82) is 0 Å². The molecule has 0 radical (unpaired) electrons. The highest BCUT2D eigenvalue weighted by molar-refractivity contribution is 9.10. The predicted octanol–water partition coefficient (Wildman–Crippen LogP) is 0.764. The van der Waals surface area contributed by atoms with E-state index < -0.39 is 16.4 Å². The zero-order valence-electron chi connectivity index (χ0n) is 10.4. The fraction of sp³-hybridized carbons (Fsp3) is 0.0909. The van der Waals surface area contributed by atoms with E-state index in [1.165, 1.54) is 12.3 Å². The first kappa shape index (κ1) is 14.9. The highest BCUT2D eigenvalue weighted by Gasteiger charge is 2.14. The third-order valence-corrected chi connectivity index (χ3v) is 3.18. The summed E-state index contributed by atoms with van der Waals surface area (Å²) >= 11 is 2.97. The van der Waals surface area contributed by atoms with Gasteiger partial charge in [-0.1, -0.05) is 0 Å². The lowest BCUT2D eigenvalue weighted by Gasteiger charge is -2.03. The van der Waals surface area contributed by atoms with Gasteiger partial charge in [0, 0.05) is 6.07 Å². The molecule has 0 fully saturated rings. The Morgan fingerprint density at radius 2 is 2.24 bits per heavy atom. The lowest BCUT2D eigenvalue weighted by molar-refractivity contribution is -0.385. The quantitative estimate of drug-likeness (QED) is 0.359. The summed E-state index contributed by atoms with van der Waals surface area (Å²) in [5.41, 5.74) is 1.42. The minimum absolute atomic E-state index is 0.0585. The number of carbonyl (C=O) groups excluding carboxylic acids is 1. The largest absolute Gasteiger partial charge is 0.467 e. The van der Waals surface area contributed by atoms with Crippen molar-refractivity contribution in [3.05, 3.63) is 60.9 Å². The number of nitrogen functional groups attached to an aromatic ring is 1. The molecule has 2 rings (SSSR count). The third kappa shape index (κ3) is 3.17. The van der Waals surface area contributed by atoms with Gasteiger partial charge in [-0.15, -0.1) is 0 Å². The first-order valence-corrected chi connectivity index (χ1v) is 6.34. The first-order chi connectivity index (χ1) is 9.92. The van der Waals surface area contributed by atoms with E-state index in [-0.39, 0.29) is 28.0 Å². The van der Waals surface area contributed by atoms with Crippen LogP contribution in [0.5, 0.6) is 0 Å². The van der Waals surface area contributed by atoms with Gasteiger partial charge >= 0.3 is 0 Å². The Kier molecular flexibility index (Phi) is 4.19. The number of amides is 1. The van der Waals surface area contributed by atoms with E-state index in [2.05, 4.69) is 15.9 Å². The molecule has 0 unspecified atom stereocenters. The Hall–Kier alpha value is -2.46. The molecule has 2 heterocycles. The molecule has 110 valence electrons. The van der Waals surface area contributed by atoms with Gasteiger partial charge in [0.25, 0.3) is 17.2 Å². The standard InChI is InChI=1S/C11H9BrN4O5/c12-9-2-7(16(19)20)3-15(11(9)18)4-8-1-6(5-21-8)10(17)14-13/h1-3,5H,4,13H2,(H,14,17). The molecule has 0 saturated heterocycles. The first-order valence-electron chi connectivity index (χ1n) is 5.55. The van der Waals surface area contributed by atoms with Crippen molar-refractivity contribution in [3.63, 3.8) is 0 Å². The van der Waals surface area contributed by atoms with Gasteiger partial charge in [-0.25, -0.2) is 5.84 Å². The Morgan fingerprint density at radius 3 is 2.86 bits per heavy atom. The molecule has 0 bridgehead atoms. The van der Waals surface area contributed by atoms with E-state index >= 15 is 0 Å². The molecule has 2 aromatic rings. The van der Waals surface area contributed by atoms with Gasteiger partial charge in [0.1, 0.15) is 12.0 Å². The fourth-order valence-corrected chi connectivity index (χ4v) is 2.10. The summed E-state index contributed by atoms with van der Waals surface area (Å²) in [6.07, 6.45) is 2.27. The van der Waals surface area contributed by atoms with Crippen molar-refractivity contribution >= 4 is 27.5 Å². The number of nitro groups is 1. The molecule has 3 N–H and O–H groups in total. The van der Waals surface area contributed by atoms with E-state index in [1.54, 1.807) is 0 Å². The molecule has 9 nitrogen and oxygen atoms in total. The van der Waals surface area contributed by atoms with E-state index in [9.17, 15) is 19.7 Å². The van der Waals surface area contributed by atoms with E-state index in [4.69, 9.17) is 10.3 Å². The minimum atomic E-state index is -0.615. The van der Waals surface area contributed by atoms with Crippen LogP contribution in [0.2, 0.25) is 0 Å². The van der Waals surface area contributed by atoms with Crippen LogP contribution in [0.25, 0.3) is 0 Å². The van der Waals surface area contributed by atoms with E-state index in [1.807, 2.05) is 5.43 Å². The van der Waals surface area contributed by atoms with E-state index in [0.717, 1.165) is 16.8 Å². The predicted molar refractivity (Wildman–Crippen MR) is 74.5 cm³/mol. The van der Waals surface area contributed by atoms with Gasteiger partial charge in [-0.3, -0.25) is 25.1 Å². The lowest BCUT2D eigenvalue weighted by Crippen LogP contribution is -2.29. The minimum Gasteiger partial charge on any atom is -0.467 e. The van der Waals surface area contributed by atoms with Gasteiger partial charge in [0.05, 0.1) is 27.7 Å². The average molecular weight is 357 g/mol. The second-order valence-electron chi connectivity index (χ2n) is 4.01. The summed E-state index contributed by atoms with van der Waals surface area (Å²) in [6.45, 7) is -0.0586. The number of hydrogen-bond donors (Lipinski definition) is 2. The van der Waals surface area contributed by atoms with Gasteiger partial charge < -0.3 is 8.98 Å². The molecule has 0 saturated carbocycles. The maximum atomic E-state index is 11.9. The molecule has 10 heteroatoms. The van der Waals surface area contributed by atoms with Crippen molar-refractivity contribution in [2.45, 2.75) is 6.54 Å². The Bertz CT molecular complexity index is 766. The van der Waals surface area contributed by atoms with Gasteiger partial charge in [-0.2, -0.15) is 0 Å². The maximum Gasteiger partial charge on any atom is 0.286 e. The SMILES string of the molecule is NNC(=O)c1coc(Cn2cc([N+](=O)[O-])cc(Br)c2=O)c1. The molecule has 0 aromatic carbocycles. The van der Waals surface area contributed by atoms with Gasteiger partial charge in [0.2, 0.25) is 0 Å². The van der Waals surface area contributed by atoms with Crippen LogP contribution in [0.3, 0.4) is 0 Å². The zero-order chi connectivity index (χ0) is 15.6. The summed E-state index contributed by atoms with van der Waals surface area (Å²) < 4.78 is 6.29. The number of pyridine rings is 1. The highest BCUT2D eigenvalue weighted by Crippen LogP contribution is 2.16. The number of nitrogens with two attached hydrogens (primary N) is 1. The third-order valence-electron chi connectivity index (χ3n) is 2.61. The summed E-state index contributed by atoms with van der Waals surface area (Å²) in [5.74, 6) is 4.72. The topological polar surface area (TPSA) is 133 Å². The Morgan fingerprint density at radius 1 is 1.52 bits per heavy atom. The number of hydrogen-bond acceptors (Lipinski definition) is 6. The molecule has 1 amide bonds. The van der Waals surface area contributed by atoms with Crippen LogP contribution in [-0.4, -0.2) is 15.4 Å². The zero-order valence-corrected chi connectivity index (χ0v) is 12.0. The van der Waals surface area contributed by atoms with Crippen LogP contribution in [0.1, 0.15) is 16.1 Å². The monoisotopic (exact) mass is 356 g/mol. The number of rotatable bonds is 4. The van der Waals surface area contributed by atoms with Crippen LogP contribution in [-0.2, 0) is 6.54 Å². The highest BCUT2D eigenvalue weighted by atomic mass is 79.9. The number of nitrogens with zero attached hydrogens (tertiary/aromatic N) is 2. The van der Waals surface area contributed by atoms with Gasteiger partial charge in [0.15, 0.2) is 0 Å². The van der Waals surface area contributed by atoms with E-state index in [0.29, 0.717) is 0 Å². The van der Waals surface area contributed by atoms with Gasteiger partial charge in [-0.05, 0) is 22.0 Å². The molecule has 0 aliphatic heterocycles. The molecule has 2 aromatic heterocycles. The van der Waals surface area contributed by atoms with Crippen molar-refractivity contribution in [2.24, 2.45) is 5.84 Å². The van der Waals surface area contributed by atoms with Crippen molar-refractivity contribution in [3.8, 4) is 0 Å². The maximum absolute atomic E-state index is 11.9. The second kappa shape index (κ2) is 5.89. The lowest BCUT2D eigenvalue weighted by atomic mass is 10.3. The molecular formula is C11H9BrN4O5. The molecule has 0 aliphatic carbocycles. The number of halogens is 1. The van der Waals surface area contributed by atoms with Crippen LogP contribution in [0.4, 0.5) is 5.69 Å². The molecule has 21 heavy (non-hydrogen) atoms. The van der Waals surface area contributed by atoms with Crippen LogP contribution in [0.15, 0.2) is 38.3 Å². The number of furan rings is 1. The summed E-state index contributed by atoms with van der Waals surface area (Å²) in [4.78, 5) is 33.3. The summed E-state index contributed by atoms with van der Waals surface area (Å²) in [5, 5.41) is 10.8. The molecule has 0 atom stereocenters. The molecular weight excluding hydrogens is 348 g/mol. The Balaban J connectivity index is 2.35. The molecule has 0 aliphatic rings. The second-order valence-corrected chi connectivity index (χ2v) is 4.87. The molecule has 0 spiro atoms. The normalized spacial score (nSPS) is 10.4.